The van der Waals surface area contributed by atoms with E-state index >= 15 is 0 Å². The third-order valence-corrected chi connectivity index (χ3v) is 1.96. The number of rotatable bonds is 4. The number of nitro groups is 1. The van der Waals surface area contributed by atoms with Crippen LogP contribution in [0.15, 0.2) is 18.2 Å². The summed E-state index contributed by atoms with van der Waals surface area (Å²) in [7, 11) is 0. The molecule has 0 saturated heterocycles. The van der Waals surface area contributed by atoms with Gasteiger partial charge in [0.1, 0.15) is 0 Å². The highest BCUT2D eigenvalue weighted by molar-refractivity contribution is 5.94. The number of nitrogens with zero attached hydrogens (tertiary/aromatic N) is 1. The van der Waals surface area contributed by atoms with Gasteiger partial charge in [-0.1, -0.05) is 0 Å². The average molecular weight is 242 g/mol. The lowest BCUT2D eigenvalue weighted by Crippen LogP contribution is -2.30. The zero-order valence-corrected chi connectivity index (χ0v) is 9.01. The van der Waals surface area contributed by atoms with Gasteiger partial charge in [-0.15, -0.1) is 0 Å². The maximum Gasteiger partial charge on any atom is 0.304 e. The molecule has 1 aromatic carbocycles. The fourth-order valence-corrected chi connectivity index (χ4v) is 1.14. The molecule has 0 fully saturated rings. The van der Waals surface area contributed by atoms with Gasteiger partial charge < -0.3 is 10.4 Å². The molecule has 2 N–H and O–H groups in total. The van der Waals surface area contributed by atoms with E-state index in [1.54, 1.807) is 0 Å². The maximum absolute atomic E-state index is 13.2. The Morgan fingerprint density at radius 1 is 1.65 bits per heavy atom. The van der Waals surface area contributed by atoms with Crippen LogP contribution in [-0.4, -0.2) is 28.6 Å². The minimum atomic E-state index is -1.07. The van der Waals surface area contributed by atoms with Crippen LogP contribution in [0.25, 0.3) is 0 Å². The van der Waals surface area contributed by atoms with Gasteiger partial charge in [0.25, 0.3) is 5.91 Å². The van der Waals surface area contributed by atoms with Gasteiger partial charge in [-0.2, -0.15) is 4.39 Å². The SMILES string of the molecule is C[C@H](O)CNC(=O)c1ccc([N+](=O)[O-])c(F)c1. The van der Waals surface area contributed by atoms with Crippen LogP contribution < -0.4 is 5.32 Å². The number of carbonyl (C=O) groups excluding carboxylic acids is 1. The summed E-state index contributed by atoms with van der Waals surface area (Å²) in [6, 6.07) is 2.86. The summed E-state index contributed by atoms with van der Waals surface area (Å²) in [4.78, 5) is 20.9. The fourth-order valence-electron chi connectivity index (χ4n) is 1.14. The van der Waals surface area contributed by atoms with Crippen LogP contribution >= 0.6 is 0 Å². The Morgan fingerprint density at radius 2 is 2.29 bits per heavy atom. The molecule has 0 aliphatic carbocycles. The van der Waals surface area contributed by atoms with Crippen molar-refractivity contribution in [3.05, 3.63) is 39.7 Å². The monoisotopic (exact) mass is 242 g/mol. The number of hydrogen-bond acceptors (Lipinski definition) is 4. The highest BCUT2D eigenvalue weighted by Crippen LogP contribution is 2.17. The maximum atomic E-state index is 13.2. The molecule has 0 spiro atoms. The third-order valence-electron chi connectivity index (χ3n) is 1.96. The zero-order valence-electron chi connectivity index (χ0n) is 9.01. The normalized spacial score (nSPS) is 11.9. The van der Waals surface area contributed by atoms with E-state index in [0.717, 1.165) is 18.2 Å². The molecule has 7 heteroatoms. The molecular weight excluding hydrogens is 231 g/mol. The molecular formula is C10H11FN2O4. The second kappa shape index (κ2) is 5.35. The van der Waals surface area contributed by atoms with Crippen molar-refractivity contribution in [2.75, 3.05) is 6.54 Å². The number of halogens is 1. The fraction of sp³-hybridized carbons (Fsp3) is 0.300. The lowest BCUT2D eigenvalue weighted by atomic mass is 10.2. The van der Waals surface area contributed by atoms with E-state index in [-0.39, 0.29) is 12.1 Å². The largest absolute Gasteiger partial charge is 0.392 e. The third kappa shape index (κ3) is 3.49. The van der Waals surface area contributed by atoms with Gasteiger partial charge in [0, 0.05) is 18.2 Å². The molecule has 0 heterocycles. The van der Waals surface area contributed by atoms with E-state index < -0.39 is 28.4 Å². The molecule has 1 amide bonds. The van der Waals surface area contributed by atoms with Crippen molar-refractivity contribution in [1.29, 1.82) is 0 Å². The van der Waals surface area contributed by atoms with Crippen molar-refractivity contribution in [2.45, 2.75) is 13.0 Å². The summed E-state index contributed by atoms with van der Waals surface area (Å²) in [6.45, 7) is 1.51. The van der Waals surface area contributed by atoms with Crippen molar-refractivity contribution < 1.29 is 19.2 Å². The van der Waals surface area contributed by atoms with Crippen LogP contribution in [0.2, 0.25) is 0 Å². The van der Waals surface area contributed by atoms with E-state index in [2.05, 4.69) is 5.32 Å². The van der Waals surface area contributed by atoms with Crippen molar-refractivity contribution in [3.63, 3.8) is 0 Å². The van der Waals surface area contributed by atoms with Crippen molar-refractivity contribution in [1.82, 2.24) is 5.32 Å². The molecule has 1 aromatic rings. The van der Waals surface area contributed by atoms with Crippen LogP contribution in [0, 0.1) is 15.9 Å². The molecule has 0 aliphatic rings. The first-order chi connectivity index (χ1) is 7.91. The highest BCUT2D eigenvalue weighted by Gasteiger charge is 2.16. The smallest absolute Gasteiger partial charge is 0.304 e. The summed E-state index contributed by atoms with van der Waals surface area (Å²) < 4.78 is 13.2. The Kier molecular flexibility index (Phi) is 4.11. The average Bonchev–Trinajstić information content (AvgIpc) is 2.25. The van der Waals surface area contributed by atoms with Crippen LogP contribution in [0.5, 0.6) is 0 Å². The lowest BCUT2D eigenvalue weighted by Gasteiger charge is -2.06. The lowest BCUT2D eigenvalue weighted by molar-refractivity contribution is -0.387. The first-order valence-electron chi connectivity index (χ1n) is 4.82. The number of carbonyl (C=O) groups is 1. The summed E-state index contributed by atoms with van der Waals surface area (Å²) in [5, 5.41) is 21.6. The van der Waals surface area contributed by atoms with E-state index in [1.165, 1.54) is 6.92 Å². The summed E-state index contributed by atoms with van der Waals surface area (Å²) in [5.74, 6) is -1.67. The highest BCUT2D eigenvalue weighted by atomic mass is 19.1. The Bertz CT molecular complexity index is 448. The first kappa shape index (κ1) is 13.0. The molecule has 0 radical (unpaired) electrons. The number of nitro benzene ring substituents is 1. The predicted molar refractivity (Wildman–Crippen MR) is 57.1 cm³/mol. The number of nitrogens with one attached hydrogen (secondary N) is 1. The molecule has 0 aliphatic heterocycles. The molecule has 6 nitrogen and oxygen atoms in total. The van der Waals surface area contributed by atoms with Gasteiger partial charge in [-0.05, 0) is 19.1 Å². The molecule has 0 unspecified atom stereocenters. The van der Waals surface area contributed by atoms with Gasteiger partial charge in [-0.25, -0.2) is 0 Å². The molecule has 0 bridgehead atoms. The Balaban J connectivity index is 2.83. The first-order valence-corrected chi connectivity index (χ1v) is 4.82. The molecule has 1 rings (SSSR count). The second-order valence-corrected chi connectivity index (χ2v) is 3.48. The predicted octanol–water partition coefficient (Wildman–Crippen LogP) is 0.845. The molecule has 1 atom stereocenters. The van der Waals surface area contributed by atoms with E-state index in [4.69, 9.17) is 5.11 Å². The van der Waals surface area contributed by atoms with Gasteiger partial charge in [-0.3, -0.25) is 14.9 Å². The molecule has 0 aromatic heterocycles. The van der Waals surface area contributed by atoms with Crippen molar-refractivity contribution in [2.24, 2.45) is 0 Å². The second-order valence-electron chi connectivity index (χ2n) is 3.48. The summed E-state index contributed by atoms with van der Waals surface area (Å²) in [6.07, 6.45) is -0.721. The van der Waals surface area contributed by atoms with Crippen molar-refractivity contribution >= 4 is 11.6 Å². The summed E-state index contributed by atoms with van der Waals surface area (Å²) >= 11 is 0. The summed E-state index contributed by atoms with van der Waals surface area (Å²) in [5.41, 5.74) is -0.717. The topological polar surface area (TPSA) is 92.5 Å². The number of aliphatic hydroxyl groups is 1. The molecule has 17 heavy (non-hydrogen) atoms. The van der Waals surface area contributed by atoms with Gasteiger partial charge >= 0.3 is 5.69 Å². The van der Waals surface area contributed by atoms with Gasteiger partial charge in [0.05, 0.1) is 11.0 Å². The van der Waals surface area contributed by atoms with Crippen LogP contribution in [-0.2, 0) is 0 Å². The number of benzene rings is 1. The molecule has 0 saturated carbocycles. The van der Waals surface area contributed by atoms with E-state index in [1.807, 2.05) is 0 Å². The molecule has 92 valence electrons. The van der Waals surface area contributed by atoms with Crippen LogP contribution in [0.1, 0.15) is 17.3 Å². The van der Waals surface area contributed by atoms with E-state index in [0.29, 0.717) is 0 Å². The quantitative estimate of drug-likeness (QED) is 0.604. The van der Waals surface area contributed by atoms with Crippen molar-refractivity contribution in [3.8, 4) is 0 Å². The van der Waals surface area contributed by atoms with Gasteiger partial charge in [0.2, 0.25) is 5.82 Å². The number of aliphatic hydroxyl groups excluding tert-OH is 1. The Labute approximate surface area is 96.2 Å². The number of hydrogen-bond donors (Lipinski definition) is 2. The zero-order chi connectivity index (χ0) is 13.0. The Hall–Kier alpha value is -2.02. The Morgan fingerprint density at radius 3 is 2.76 bits per heavy atom. The van der Waals surface area contributed by atoms with Crippen LogP contribution in [0.4, 0.5) is 10.1 Å². The minimum absolute atomic E-state index is 0.0252. The van der Waals surface area contributed by atoms with Gasteiger partial charge in [0.15, 0.2) is 0 Å². The van der Waals surface area contributed by atoms with E-state index in [9.17, 15) is 19.3 Å². The number of amides is 1. The van der Waals surface area contributed by atoms with Crippen LogP contribution in [0.3, 0.4) is 0 Å². The standard InChI is InChI=1S/C10H11FN2O4/c1-6(14)5-12-10(15)7-2-3-9(13(16)17)8(11)4-7/h2-4,6,14H,5H2,1H3,(H,12,15)/t6-/m0/s1. The minimum Gasteiger partial charge on any atom is -0.392 e.